The van der Waals surface area contributed by atoms with Crippen molar-refractivity contribution in [2.24, 2.45) is 0 Å². The lowest BCUT2D eigenvalue weighted by molar-refractivity contribution is -0.155. The molecular weight excluding hydrogens is 302 g/mol. The van der Waals surface area contributed by atoms with Crippen LogP contribution in [0.4, 0.5) is 0 Å². The predicted molar refractivity (Wildman–Crippen MR) is 87.2 cm³/mol. The Labute approximate surface area is 137 Å². The highest BCUT2D eigenvalue weighted by atomic mass is 35.5. The first-order chi connectivity index (χ1) is 10.2. The molecule has 0 saturated carbocycles. The minimum absolute atomic E-state index is 0. The van der Waals surface area contributed by atoms with E-state index in [1.807, 2.05) is 30.3 Å². The van der Waals surface area contributed by atoms with Crippen molar-refractivity contribution < 1.29 is 14.6 Å². The van der Waals surface area contributed by atoms with E-state index in [-0.39, 0.29) is 31.1 Å². The second kappa shape index (κ2) is 7.44. The summed E-state index contributed by atoms with van der Waals surface area (Å²) in [5, 5.41) is 9.53. The van der Waals surface area contributed by atoms with Gasteiger partial charge >= 0.3 is 5.97 Å². The normalized spacial score (nSPS) is 28.7. The number of hydrogen-bond acceptors (Lipinski definition) is 4. The van der Waals surface area contributed by atoms with Crippen LogP contribution in [0.1, 0.15) is 37.2 Å². The summed E-state index contributed by atoms with van der Waals surface area (Å²) in [6.07, 6.45) is 4.26. The average molecular weight is 326 g/mol. The highest BCUT2D eigenvalue weighted by molar-refractivity contribution is 5.85. The fourth-order valence-electron chi connectivity index (χ4n) is 3.71. The Morgan fingerprint density at radius 1 is 1.27 bits per heavy atom. The van der Waals surface area contributed by atoms with Crippen LogP contribution in [-0.4, -0.2) is 47.8 Å². The first-order valence-electron chi connectivity index (χ1n) is 7.77. The second-order valence-corrected chi connectivity index (χ2v) is 6.23. The van der Waals surface area contributed by atoms with Crippen LogP contribution in [0.15, 0.2) is 30.3 Å². The van der Waals surface area contributed by atoms with E-state index < -0.39 is 5.92 Å². The van der Waals surface area contributed by atoms with Crippen molar-refractivity contribution in [3.63, 3.8) is 0 Å². The summed E-state index contributed by atoms with van der Waals surface area (Å²) < 4.78 is 5.70. The number of hydrogen-bond donors (Lipinski definition) is 1. The third kappa shape index (κ3) is 3.45. The summed E-state index contributed by atoms with van der Waals surface area (Å²) in [6, 6.07) is 10.5. The van der Waals surface area contributed by atoms with E-state index in [9.17, 15) is 9.90 Å². The first-order valence-corrected chi connectivity index (χ1v) is 7.77. The Kier molecular flexibility index (Phi) is 5.84. The number of carbonyl (C=O) groups is 1. The Balaban J connectivity index is 0.00000176. The molecule has 2 aliphatic heterocycles. The van der Waals surface area contributed by atoms with E-state index in [4.69, 9.17) is 4.74 Å². The molecular formula is C17H24ClNO3. The van der Waals surface area contributed by atoms with Crippen molar-refractivity contribution in [1.82, 2.24) is 4.90 Å². The molecule has 122 valence electrons. The number of aliphatic hydroxyl groups is 1. The summed E-state index contributed by atoms with van der Waals surface area (Å²) >= 11 is 0. The van der Waals surface area contributed by atoms with Crippen LogP contribution in [-0.2, 0) is 9.53 Å². The number of piperidine rings is 1. The molecule has 2 unspecified atom stereocenters. The largest absolute Gasteiger partial charge is 0.462 e. The van der Waals surface area contributed by atoms with Gasteiger partial charge in [-0.1, -0.05) is 30.3 Å². The zero-order valence-electron chi connectivity index (χ0n) is 12.9. The molecule has 2 saturated heterocycles. The summed E-state index contributed by atoms with van der Waals surface area (Å²) in [4.78, 5) is 14.8. The van der Waals surface area contributed by atoms with Crippen molar-refractivity contribution in [3.05, 3.63) is 35.9 Å². The highest BCUT2D eigenvalue weighted by Crippen LogP contribution is 2.36. The number of ether oxygens (including phenoxy) is 1. The topological polar surface area (TPSA) is 49.8 Å². The minimum Gasteiger partial charge on any atom is -0.462 e. The molecule has 0 amide bonds. The summed E-state index contributed by atoms with van der Waals surface area (Å²) in [6.45, 7) is -0.206. The molecule has 22 heavy (non-hydrogen) atoms. The average Bonchev–Trinajstić information content (AvgIpc) is 2.72. The van der Waals surface area contributed by atoms with Gasteiger partial charge in [-0.2, -0.15) is 0 Å². The summed E-state index contributed by atoms with van der Waals surface area (Å²) in [5.41, 5.74) is 0.820. The quantitative estimate of drug-likeness (QED) is 0.863. The molecule has 3 atom stereocenters. The Bertz CT molecular complexity index is 482. The van der Waals surface area contributed by atoms with Crippen molar-refractivity contribution in [1.29, 1.82) is 0 Å². The maximum absolute atomic E-state index is 12.4. The van der Waals surface area contributed by atoms with E-state index in [2.05, 4.69) is 11.9 Å². The molecule has 0 aliphatic carbocycles. The second-order valence-electron chi connectivity index (χ2n) is 6.23. The van der Waals surface area contributed by atoms with Gasteiger partial charge in [-0.05, 0) is 38.3 Å². The SMILES string of the molecule is CN1C2CCC1CC(OC(=O)[C@H](CO)c1ccccc1)C2.Cl. The molecule has 1 aromatic rings. The monoisotopic (exact) mass is 325 g/mol. The fourth-order valence-corrected chi connectivity index (χ4v) is 3.71. The van der Waals surface area contributed by atoms with Crippen LogP contribution in [0.25, 0.3) is 0 Å². The molecule has 2 bridgehead atoms. The lowest BCUT2D eigenvalue weighted by Gasteiger charge is -2.36. The van der Waals surface area contributed by atoms with Crippen LogP contribution in [0.2, 0.25) is 0 Å². The van der Waals surface area contributed by atoms with Crippen LogP contribution < -0.4 is 0 Å². The van der Waals surface area contributed by atoms with Gasteiger partial charge in [0.1, 0.15) is 12.0 Å². The van der Waals surface area contributed by atoms with Crippen LogP contribution in [0.3, 0.4) is 0 Å². The molecule has 5 heteroatoms. The van der Waals surface area contributed by atoms with Crippen molar-refractivity contribution in [2.45, 2.75) is 49.8 Å². The van der Waals surface area contributed by atoms with Gasteiger partial charge in [0.05, 0.1) is 6.61 Å². The number of nitrogens with zero attached hydrogens (tertiary/aromatic N) is 1. The number of rotatable bonds is 4. The van der Waals surface area contributed by atoms with Crippen molar-refractivity contribution in [2.75, 3.05) is 13.7 Å². The lowest BCUT2D eigenvalue weighted by Crippen LogP contribution is -2.43. The van der Waals surface area contributed by atoms with Crippen molar-refractivity contribution in [3.8, 4) is 0 Å². The molecule has 2 heterocycles. The fraction of sp³-hybridized carbons (Fsp3) is 0.588. The van der Waals surface area contributed by atoms with Gasteiger partial charge in [-0.25, -0.2) is 0 Å². The molecule has 1 aromatic carbocycles. The van der Waals surface area contributed by atoms with Crippen LogP contribution in [0, 0.1) is 0 Å². The number of benzene rings is 1. The van der Waals surface area contributed by atoms with Gasteiger partial charge in [-0.15, -0.1) is 12.4 Å². The molecule has 2 fully saturated rings. The molecule has 0 spiro atoms. The molecule has 4 nitrogen and oxygen atoms in total. The number of halogens is 1. The number of esters is 1. The molecule has 1 N–H and O–H groups in total. The van der Waals surface area contributed by atoms with Gasteiger partial charge in [0.25, 0.3) is 0 Å². The molecule has 0 radical (unpaired) electrons. The Morgan fingerprint density at radius 3 is 2.41 bits per heavy atom. The third-order valence-corrected chi connectivity index (χ3v) is 5.01. The Hall–Kier alpha value is -1.10. The summed E-state index contributed by atoms with van der Waals surface area (Å²) in [5.74, 6) is -0.860. The third-order valence-electron chi connectivity index (χ3n) is 5.01. The summed E-state index contributed by atoms with van der Waals surface area (Å²) in [7, 11) is 2.17. The van der Waals surface area contributed by atoms with E-state index in [0.717, 1.165) is 18.4 Å². The molecule has 2 aliphatic rings. The minimum atomic E-state index is -0.566. The zero-order chi connectivity index (χ0) is 14.8. The lowest BCUT2D eigenvalue weighted by atomic mass is 9.98. The smallest absolute Gasteiger partial charge is 0.316 e. The Morgan fingerprint density at radius 2 is 1.86 bits per heavy atom. The van der Waals surface area contributed by atoms with E-state index >= 15 is 0 Å². The van der Waals surface area contributed by atoms with Gasteiger partial charge in [0.15, 0.2) is 0 Å². The highest BCUT2D eigenvalue weighted by Gasteiger charge is 2.40. The van der Waals surface area contributed by atoms with Crippen molar-refractivity contribution >= 4 is 18.4 Å². The molecule has 3 rings (SSSR count). The van der Waals surface area contributed by atoms with Crippen LogP contribution in [0.5, 0.6) is 0 Å². The standard InChI is InChI=1S/C17H23NO3.ClH/c1-18-13-7-8-14(18)10-15(9-13)21-17(20)16(11-19)12-5-3-2-4-6-12;/h2-6,13-16,19H,7-11H2,1H3;1H/t13?,14?,15?,16-;/m1./s1. The number of fused-ring (bicyclic) bond motifs is 2. The maximum atomic E-state index is 12.4. The van der Waals surface area contributed by atoms with Gasteiger partial charge < -0.3 is 14.7 Å². The number of aliphatic hydroxyl groups excluding tert-OH is 1. The van der Waals surface area contributed by atoms with E-state index in [0.29, 0.717) is 12.1 Å². The van der Waals surface area contributed by atoms with Gasteiger partial charge in [0, 0.05) is 12.1 Å². The predicted octanol–water partition coefficient (Wildman–Crippen LogP) is 2.35. The van der Waals surface area contributed by atoms with Gasteiger partial charge in [-0.3, -0.25) is 4.79 Å². The molecule has 0 aromatic heterocycles. The van der Waals surface area contributed by atoms with Gasteiger partial charge in [0.2, 0.25) is 0 Å². The number of carbonyl (C=O) groups excluding carboxylic acids is 1. The maximum Gasteiger partial charge on any atom is 0.316 e. The first kappa shape index (κ1) is 17.3. The van der Waals surface area contributed by atoms with Crippen LogP contribution >= 0.6 is 12.4 Å². The zero-order valence-corrected chi connectivity index (χ0v) is 13.7. The van der Waals surface area contributed by atoms with E-state index in [1.54, 1.807) is 0 Å². The van der Waals surface area contributed by atoms with E-state index in [1.165, 1.54) is 12.8 Å².